The molecular weight excluding hydrogens is 328 g/mol. The zero-order valence-corrected chi connectivity index (χ0v) is 17.4. The third kappa shape index (κ3) is 3.07. The first kappa shape index (κ1) is 17.9. The number of hydrogen-bond acceptors (Lipinski definition) is 1. The predicted octanol–water partition coefficient (Wildman–Crippen LogP) is 5.27. The molecule has 2 heteroatoms. The largest absolute Gasteiger partial charge is 0.257 e. The van der Waals surface area contributed by atoms with E-state index in [-0.39, 0.29) is 0 Å². The van der Waals surface area contributed by atoms with Crippen molar-refractivity contribution in [2.75, 3.05) is 0 Å². The van der Waals surface area contributed by atoms with Crippen LogP contribution in [-0.2, 0) is 19.9 Å². The smallest absolute Gasteiger partial charge is 0.212 e. The molecule has 0 atom stereocenters. The van der Waals surface area contributed by atoms with E-state index in [1.165, 1.54) is 50.3 Å². The van der Waals surface area contributed by atoms with Crippen LogP contribution in [0.25, 0.3) is 22.4 Å². The quantitative estimate of drug-likeness (QED) is 0.457. The average molecular weight is 358 g/mol. The predicted molar refractivity (Wildman–Crippen MR) is 112 cm³/mol. The molecule has 2 nitrogen and oxygen atoms in total. The van der Waals surface area contributed by atoms with Crippen LogP contribution in [-0.4, -0.2) is 4.98 Å². The normalized spacial score (nSPS) is 12.4. The molecule has 0 bridgehead atoms. The van der Waals surface area contributed by atoms with Crippen molar-refractivity contribution in [3.63, 3.8) is 0 Å². The van der Waals surface area contributed by atoms with E-state index in [0.29, 0.717) is 5.92 Å². The Labute approximate surface area is 162 Å². The van der Waals surface area contributed by atoms with Gasteiger partial charge in [-0.15, -0.1) is 0 Å². The van der Waals surface area contributed by atoms with Crippen LogP contribution in [0.15, 0.2) is 36.5 Å². The monoisotopic (exact) mass is 357 g/mol. The van der Waals surface area contributed by atoms with Crippen LogP contribution in [0.4, 0.5) is 0 Å². The number of benzene rings is 1. The van der Waals surface area contributed by atoms with Gasteiger partial charge in [-0.2, -0.15) is 0 Å². The number of nitrogens with zero attached hydrogens (tertiary/aromatic N) is 2. The van der Waals surface area contributed by atoms with Crippen LogP contribution in [0.3, 0.4) is 0 Å². The van der Waals surface area contributed by atoms with Crippen LogP contribution in [0.1, 0.15) is 47.5 Å². The fourth-order valence-electron chi connectivity index (χ4n) is 4.40. The number of hydrogen-bond donors (Lipinski definition) is 0. The number of aryl methyl sites for hydroxylation is 3. The molecule has 2 aromatic heterocycles. The van der Waals surface area contributed by atoms with E-state index in [4.69, 9.17) is 4.98 Å². The molecule has 0 amide bonds. The van der Waals surface area contributed by atoms with Gasteiger partial charge in [-0.05, 0) is 67.5 Å². The molecule has 1 aromatic carbocycles. The molecule has 0 fully saturated rings. The third-order valence-electron chi connectivity index (χ3n) is 5.84. The van der Waals surface area contributed by atoms with Crippen LogP contribution in [0.2, 0.25) is 0 Å². The lowest BCUT2D eigenvalue weighted by molar-refractivity contribution is -0.660. The highest BCUT2D eigenvalue weighted by Crippen LogP contribution is 2.40. The minimum absolute atomic E-state index is 0.672. The summed E-state index contributed by atoms with van der Waals surface area (Å²) >= 11 is 0. The fraction of sp³-hybridized carbons (Fsp3) is 0.360. The van der Waals surface area contributed by atoms with Gasteiger partial charge in [0.1, 0.15) is 7.05 Å². The molecule has 0 unspecified atom stereocenters. The molecule has 138 valence electrons. The molecule has 3 aromatic rings. The van der Waals surface area contributed by atoms with Crippen molar-refractivity contribution in [1.29, 1.82) is 0 Å². The molecule has 4 rings (SSSR count). The van der Waals surface area contributed by atoms with Gasteiger partial charge in [0.05, 0.1) is 5.69 Å². The maximum Gasteiger partial charge on any atom is 0.212 e. The minimum Gasteiger partial charge on any atom is -0.257 e. The van der Waals surface area contributed by atoms with Crippen LogP contribution in [0.5, 0.6) is 0 Å². The Bertz CT molecular complexity index is 1040. The maximum atomic E-state index is 4.78. The third-order valence-corrected chi connectivity index (χ3v) is 5.84. The number of rotatable bonds is 3. The van der Waals surface area contributed by atoms with Crippen LogP contribution < -0.4 is 4.57 Å². The SMILES string of the molecule is Cc1ccc2c(n1)Cc1c-2ccc(-c2cc(C)c(CC(C)C)c[n+]2C)c1C. The highest BCUT2D eigenvalue weighted by Gasteiger charge is 2.25. The van der Waals surface area contributed by atoms with Gasteiger partial charge in [0.25, 0.3) is 0 Å². The van der Waals surface area contributed by atoms with Gasteiger partial charge in [-0.25, -0.2) is 4.57 Å². The van der Waals surface area contributed by atoms with Gasteiger partial charge in [-0.3, -0.25) is 4.98 Å². The van der Waals surface area contributed by atoms with Crippen molar-refractivity contribution in [2.45, 2.75) is 47.5 Å². The first-order valence-electron chi connectivity index (χ1n) is 9.94. The van der Waals surface area contributed by atoms with Gasteiger partial charge < -0.3 is 0 Å². The molecule has 0 saturated carbocycles. The number of aromatic nitrogens is 2. The van der Waals surface area contributed by atoms with Crippen molar-refractivity contribution in [1.82, 2.24) is 4.98 Å². The molecule has 0 aliphatic heterocycles. The Hall–Kier alpha value is -2.48. The first-order valence-corrected chi connectivity index (χ1v) is 9.94. The molecule has 27 heavy (non-hydrogen) atoms. The van der Waals surface area contributed by atoms with Crippen LogP contribution in [0, 0.1) is 26.7 Å². The fourth-order valence-corrected chi connectivity index (χ4v) is 4.40. The Morgan fingerprint density at radius 1 is 1.00 bits per heavy atom. The number of pyridine rings is 2. The average Bonchev–Trinajstić information content (AvgIpc) is 2.96. The first-order chi connectivity index (χ1) is 12.8. The van der Waals surface area contributed by atoms with Crippen molar-refractivity contribution in [2.24, 2.45) is 13.0 Å². The Morgan fingerprint density at radius 2 is 1.70 bits per heavy atom. The Morgan fingerprint density at radius 3 is 2.44 bits per heavy atom. The molecule has 0 spiro atoms. The van der Waals surface area contributed by atoms with E-state index >= 15 is 0 Å². The number of fused-ring (bicyclic) bond motifs is 3. The summed E-state index contributed by atoms with van der Waals surface area (Å²) in [4.78, 5) is 4.78. The highest BCUT2D eigenvalue weighted by atomic mass is 14.9. The maximum absolute atomic E-state index is 4.78. The summed E-state index contributed by atoms with van der Waals surface area (Å²) in [7, 11) is 2.17. The van der Waals surface area contributed by atoms with Crippen molar-refractivity contribution in [3.05, 3.63) is 70.2 Å². The lowest BCUT2D eigenvalue weighted by Crippen LogP contribution is -2.32. The molecule has 0 radical (unpaired) electrons. The molecule has 2 heterocycles. The Kier molecular flexibility index (Phi) is 4.38. The topological polar surface area (TPSA) is 16.8 Å². The van der Waals surface area contributed by atoms with E-state index < -0.39 is 0 Å². The molecule has 1 aliphatic carbocycles. The van der Waals surface area contributed by atoms with E-state index in [1.807, 2.05) is 0 Å². The summed E-state index contributed by atoms with van der Waals surface area (Å²) in [6, 6.07) is 11.3. The standard InChI is InChI=1S/C25H29N2/c1-15(2)11-19-14-27(6)25(12-16(19)3)20-9-10-21-22-8-7-17(4)26-24(22)13-23(21)18(20)5/h7-10,12,14-15H,11,13H2,1-6H3/q+1. The Balaban J connectivity index is 1.80. The van der Waals surface area contributed by atoms with Gasteiger partial charge >= 0.3 is 0 Å². The summed E-state index contributed by atoms with van der Waals surface area (Å²) in [6.07, 6.45) is 4.39. The summed E-state index contributed by atoms with van der Waals surface area (Å²) < 4.78 is 2.30. The zero-order valence-electron chi connectivity index (χ0n) is 17.4. The van der Waals surface area contributed by atoms with Crippen LogP contribution >= 0.6 is 0 Å². The van der Waals surface area contributed by atoms with E-state index in [1.54, 1.807) is 0 Å². The van der Waals surface area contributed by atoms with Crippen molar-refractivity contribution < 1.29 is 4.57 Å². The lowest BCUT2D eigenvalue weighted by Gasteiger charge is -2.13. The molecule has 0 saturated heterocycles. The molecule has 0 N–H and O–H groups in total. The zero-order chi connectivity index (χ0) is 19.3. The van der Waals surface area contributed by atoms with Crippen molar-refractivity contribution in [3.8, 4) is 22.4 Å². The van der Waals surface area contributed by atoms with Gasteiger partial charge in [-0.1, -0.05) is 26.0 Å². The van der Waals surface area contributed by atoms with Crippen molar-refractivity contribution >= 4 is 0 Å². The van der Waals surface area contributed by atoms with E-state index in [9.17, 15) is 0 Å². The second-order valence-electron chi connectivity index (χ2n) is 8.46. The minimum atomic E-state index is 0.672. The summed E-state index contributed by atoms with van der Waals surface area (Å²) in [5.41, 5.74) is 13.3. The van der Waals surface area contributed by atoms with Gasteiger partial charge in [0, 0.05) is 34.9 Å². The highest BCUT2D eigenvalue weighted by molar-refractivity contribution is 5.81. The van der Waals surface area contributed by atoms with Gasteiger partial charge in [0.2, 0.25) is 5.69 Å². The lowest BCUT2D eigenvalue weighted by atomic mass is 9.93. The van der Waals surface area contributed by atoms with E-state index in [2.05, 4.69) is 82.8 Å². The second-order valence-corrected chi connectivity index (χ2v) is 8.46. The molecule has 1 aliphatic rings. The summed E-state index contributed by atoms with van der Waals surface area (Å²) in [5, 5.41) is 0. The van der Waals surface area contributed by atoms with E-state index in [0.717, 1.165) is 18.5 Å². The summed E-state index contributed by atoms with van der Waals surface area (Å²) in [5.74, 6) is 0.672. The molecular formula is C25H29N2+. The summed E-state index contributed by atoms with van der Waals surface area (Å²) in [6.45, 7) is 11.1. The van der Waals surface area contributed by atoms with Gasteiger partial charge in [0.15, 0.2) is 6.20 Å². The second kappa shape index (κ2) is 6.60.